The quantitative estimate of drug-likeness (QED) is 0.567. The number of nitrogens with one attached hydrogen (secondary N) is 1. The van der Waals surface area contributed by atoms with E-state index in [2.05, 4.69) is 5.32 Å². The van der Waals surface area contributed by atoms with E-state index in [9.17, 15) is 9.59 Å². The Bertz CT molecular complexity index is 949. The van der Waals surface area contributed by atoms with Crippen molar-refractivity contribution in [1.29, 1.82) is 0 Å². The van der Waals surface area contributed by atoms with E-state index in [0.29, 0.717) is 37.3 Å². The van der Waals surface area contributed by atoms with Crippen LogP contribution < -0.4 is 14.8 Å². The van der Waals surface area contributed by atoms with Gasteiger partial charge in [0.05, 0.1) is 14.2 Å². The summed E-state index contributed by atoms with van der Waals surface area (Å²) in [4.78, 5) is 28.3. The Balaban J connectivity index is 2.27. The predicted molar refractivity (Wildman–Crippen MR) is 132 cm³/mol. The number of ether oxygens (including phenoxy) is 2. The summed E-state index contributed by atoms with van der Waals surface area (Å²) in [5.74, 6) is 1.11. The van der Waals surface area contributed by atoms with Crippen molar-refractivity contribution in [3.8, 4) is 11.5 Å². The zero-order chi connectivity index (χ0) is 24.6. The number of carbonyl (C=O) groups excluding carboxylic acids is 2. The molecule has 0 saturated carbocycles. The summed E-state index contributed by atoms with van der Waals surface area (Å²) >= 11 is 0. The molecular formula is C27H38N2O4. The molecule has 2 rings (SSSR count). The third kappa shape index (κ3) is 7.52. The molecule has 0 aliphatic heterocycles. The number of benzene rings is 2. The van der Waals surface area contributed by atoms with Gasteiger partial charge in [0.2, 0.25) is 11.8 Å². The molecule has 0 aliphatic rings. The van der Waals surface area contributed by atoms with E-state index in [4.69, 9.17) is 9.47 Å². The maximum atomic E-state index is 13.5. The Labute approximate surface area is 198 Å². The molecule has 0 aromatic heterocycles. The van der Waals surface area contributed by atoms with Gasteiger partial charge in [-0.2, -0.15) is 0 Å². The number of hydrogen-bond donors (Lipinski definition) is 1. The van der Waals surface area contributed by atoms with Gasteiger partial charge in [-0.1, -0.05) is 37.3 Å². The van der Waals surface area contributed by atoms with Crippen LogP contribution in [0.4, 0.5) is 0 Å². The van der Waals surface area contributed by atoms with Gasteiger partial charge in [-0.15, -0.1) is 0 Å². The van der Waals surface area contributed by atoms with E-state index in [-0.39, 0.29) is 17.4 Å². The average Bonchev–Trinajstić information content (AvgIpc) is 2.77. The van der Waals surface area contributed by atoms with Gasteiger partial charge in [-0.05, 0) is 69.4 Å². The third-order valence-electron chi connectivity index (χ3n) is 5.56. The molecule has 0 fully saturated rings. The molecule has 6 nitrogen and oxygen atoms in total. The number of rotatable bonds is 10. The normalized spacial score (nSPS) is 12.1. The van der Waals surface area contributed by atoms with Crippen molar-refractivity contribution in [1.82, 2.24) is 10.2 Å². The Hall–Kier alpha value is -3.02. The molecule has 1 N–H and O–H groups in total. The first-order chi connectivity index (χ1) is 15.6. The molecule has 33 heavy (non-hydrogen) atoms. The van der Waals surface area contributed by atoms with Crippen molar-refractivity contribution in [2.45, 2.75) is 72.0 Å². The van der Waals surface area contributed by atoms with Gasteiger partial charge >= 0.3 is 0 Å². The molecule has 0 bridgehead atoms. The fourth-order valence-corrected chi connectivity index (χ4v) is 3.77. The number of carbonyl (C=O) groups is 2. The molecule has 2 amide bonds. The molecule has 6 heteroatoms. The zero-order valence-electron chi connectivity index (χ0n) is 21.0. The van der Waals surface area contributed by atoms with Crippen LogP contribution in [-0.2, 0) is 22.6 Å². The first-order valence-corrected chi connectivity index (χ1v) is 11.5. The van der Waals surface area contributed by atoms with Gasteiger partial charge < -0.3 is 19.7 Å². The summed E-state index contributed by atoms with van der Waals surface area (Å²) in [5, 5.41) is 3.04. The van der Waals surface area contributed by atoms with Crippen LogP contribution in [0, 0.1) is 6.92 Å². The van der Waals surface area contributed by atoms with Crippen LogP contribution in [0.5, 0.6) is 11.5 Å². The number of amides is 2. The van der Waals surface area contributed by atoms with E-state index in [1.807, 2.05) is 77.1 Å². The number of nitrogens with zero attached hydrogens (tertiary/aromatic N) is 1. The second-order valence-electron chi connectivity index (χ2n) is 9.30. The summed E-state index contributed by atoms with van der Waals surface area (Å²) in [6.45, 7) is 10.2. The largest absolute Gasteiger partial charge is 0.493 e. The molecule has 0 heterocycles. The lowest BCUT2D eigenvalue weighted by Crippen LogP contribution is -2.53. The van der Waals surface area contributed by atoms with Gasteiger partial charge in [-0.3, -0.25) is 9.59 Å². The van der Waals surface area contributed by atoms with Gasteiger partial charge in [-0.25, -0.2) is 0 Å². The molecule has 2 aromatic rings. The van der Waals surface area contributed by atoms with Crippen molar-refractivity contribution < 1.29 is 19.1 Å². The second-order valence-corrected chi connectivity index (χ2v) is 9.30. The summed E-state index contributed by atoms with van der Waals surface area (Å²) in [6, 6.07) is 13.1. The van der Waals surface area contributed by atoms with Crippen LogP contribution in [0.2, 0.25) is 0 Å². The van der Waals surface area contributed by atoms with Crippen molar-refractivity contribution in [2.75, 3.05) is 14.2 Å². The Morgan fingerprint density at radius 1 is 1.03 bits per heavy atom. The maximum absolute atomic E-state index is 13.5. The zero-order valence-corrected chi connectivity index (χ0v) is 21.0. The number of aryl methyl sites for hydroxylation is 2. The fraction of sp³-hybridized carbons (Fsp3) is 0.481. The first kappa shape index (κ1) is 26.2. The van der Waals surface area contributed by atoms with Crippen LogP contribution in [0.25, 0.3) is 0 Å². The lowest BCUT2D eigenvalue weighted by molar-refractivity contribution is -0.142. The van der Waals surface area contributed by atoms with E-state index in [1.54, 1.807) is 19.1 Å². The van der Waals surface area contributed by atoms with Gasteiger partial charge in [0, 0.05) is 18.5 Å². The Kier molecular flexibility index (Phi) is 9.32. The van der Waals surface area contributed by atoms with Crippen LogP contribution in [-0.4, -0.2) is 42.5 Å². The van der Waals surface area contributed by atoms with Gasteiger partial charge in [0.25, 0.3) is 0 Å². The van der Waals surface area contributed by atoms with E-state index in [1.165, 1.54) is 0 Å². The van der Waals surface area contributed by atoms with E-state index >= 15 is 0 Å². The fourth-order valence-electron chi connectivity index (χ4n) is 3.77. The van der Waals surface area contributed by atoms with Gasteiger partial charge in [0.15, 0.2) is 11.5 Å². The second kappa shape index (κ2) is 11.7. The smallest absolute Gasteiger partial charge is 0.243 e. The molecular weight excluding hydrogens is 416 g/mol. The molecule has 2 aromatic carbocycles. The highest BCUT2D eigenvalue weighted by molar-refractivity contribution is 5.88. The Morgan fingerprint density at radius 2 is 1.70 bits per heavy atom. The third-order valence-corrected chi connectivity index (χ3v) is 5.56. The highest BCUT2D eigenvalue weighted by atomic mass is 16.5. The van der Waals surface area contributed by atoms with Crippen molar-refractivity contribution in [3.63, 3.8) is 0 Å². The molecule has 0 unspecified atom stereocenters. The topological polar surface area (TPSA) is 67.9 Å². The molecule has 180 valence electrons. The Morgan fingerprint density at radius 3 is 2.27 bits per heavy atom. The lowest BCUT2D eigenvalue weighted by Gasteiger charge is -2.33. The summed E-state index contributed by atoms with van der Waals surface area (Å²) in [5.41, 5.74) is 2.74. The minimum Gasteiger partial charge on any atom is -0.493 e. The monoisotopic (exact) mass is 454 g/mol. The van der Waals surface area contributed by atoms with Crippen LogP contribution >= 0.6 is 0 Å². The molecule has 1 atom stereocenters. The number of methoxy groups -OCH3 is 2. The van der Waals surface area contributed by atoms with Crippen LogP contribution in [0.1, 0.15) is 57.2 Å². The maximum Gasteiger partial charge on any atom is 0.243 e. The van der Waals surface area contributed by atoms with Crippen molar-refractivity contribution >= 4 is 11.8 Å². The molecule has 0 radical (unpaired) electrons. The molecule has 0 aliphatic carbocycles. The molecule has 0 saturated heterocycles. The van der Waals surface area contributed by atoms with Crippen molar-refractivity contribution in [2.24, 2.45) is 0 Å². The van der Waals surface area contributed by atoms with E-state index in [0.717, 1.165) is 16.7 Å². The van der Waals surface area contributed by atoms with Crippen LogP contribution in [0.3, 0.4) is 0 Å². The minimum absolute atomic E-state index is 0.0519. The summed E-state index contributed by atoms with van der Waals surface area (Å²) in [6.07, 6.45) is 1.37. The summed E-state index contributed by atoms with van der Waals surface area (Å²) < 4.78 is 10.7. The highest BCUT2D eigenvalue weighted by Gasteiger charge is 2.30. The summed E-state index contributed by atoms with van der Waals surface area (Å²) in [7, 11) is 3.19. The van der Waals surface area contributed by atoms with Crippen LogP contribution in [0.15, 0.2) is 42.5 Å². The lowest BCUT2D eigenvalue weighted by atomic mass is 10.0. The first-order valence-electron chi connectivity index (χ1n) is 11.5. The van der Waals surface area contributed by atoms with Crippen molar-refractivity contribution in [3.05, 3.63) is 59.2 Å². The van der Waals surface area contributed by atoms with Gasteiger partial charge in [0.1, 0.15) is 6.04 Å². The SMILES string of the molecule is CC[C@@H](C(=O)NC(C)(C)C)N(Cc1ccccc1C)C(=O)CCc1ccc(OC)c(OC)c1. The minimum atomic E-state index is -0.540. The number of hydrogen-bond acceptors (Lipinski definition) is 4. The highest BCUT2D eigenvalue weighted by Crippen LogP contribution is 2.28. The predicted octanol–water partition coefficient (Wildman–Crippen LogP) is 4.67. The standard InChI is InChI=1S/C27H38N2O4/c1-8-22(26(31)28-27(3,4)5)29(18-21-12-10-9-11-19(21)2)25(30)16-14-20-13-15-23(32-6)24(17-20)33-7/h9-13,15,17,22H,8,14,16,18H2,1-7H3,(H,28,31)/t22-/m0/s1. The molecule has 0 spiro atoms. The van der Waals surface area contributed by atoms with E-state index < -0.39 is 6.04 Å². The average molecular weight is 455 g/mol.